The first-order chi connectivity index (χ1) is 11.5. The predicted octanol–water partition coefficient (Wildman–Crippen LogP) is 2.79. The van der Waals surface area contributed by atoms with Gasteiger partial charge in [0.25, 0.3) is 0 Å². The van der Waals surface area contributed by atoms with E-state index in [1.807, 2.05) is 0 Å². The molecule has 0 atom stereocenters. The van der Waals surface area contributed by atoms with Crippen molar-refractivity contribution in [3.63, 3.8) is 0 Å². The highest BCUT2D eigenvalue weighted by atomic mass is 16.6. The number of nitrogens with one attached hydrogen (secondary N) is 1. The lowest BCUT2D eigenvalue weighted by Crippen LogP contribution is -2.01. The second-order valence-corrected chi connectivity index (χ2v) is 4.62. The Labute approximate surface area is 133 Å². The first-order valence-corrected chi connectivity index (χ1v) is 6.50. The first-order valence-electron chi connectivity index (χ1n) is 6.50. The summed E-state index contributed by atoms with van der Waals surface area (Å²) in [5.41, 5.74) is -0.906. The number of non-ortho nitro benzene ring substituents is 1. The average Bonchev–Trinajstić information content (AvgIpc) is 3.04. The Kier molecular flexibility index (Phi) is 3.66. The fraction of sp³-hybridized carbons (Fsp3) is 0.0769. The fourth-order valence-electron chi connectivity index (χ4n) is 2.14. The molecule has 0 saturated carbocycles. The average molecular weight is 331 g/mol. The van der Waals surface area contributed by atoms with E-state index in [0.29, 0.717) is 11.4 Å². The summed E-state index contributed by atoms with van der Waals surface area (Å²) < 4.78 is 9.55. The number of hydrogen-bond donors (Lipinski definition) is 1. The molecule has 2 aromatic carbocycles. The number of benzene rings is 2. The Morgan fingerprint density at radius 3 is 2.25 bits per heavy atom. The SMILES string of the molecule is COc1ccc(Nc2c([N+](=O)[O-])cc([N+](=O)[O-])c3nonc23)cc1. The number of methoxy groups -OCH3 is 1. The minimum atomic E-state index is -0.781. The molecule has 3 aromatic rings. The number of nitro benzene ring substituents is 2. The maximum atomic E-state index is 11.3. The third-order valence-corrected chi connectivity index (χ3v) is 3.25. The van der Waals surface area contributed by atoms with Gasteiger partial charge < -0.3 is 10.1 Å². The van der Waals surface area contributed by atoms with Crippen molar-refractivity contribution >= 4 is 33.8 Å². The zero-order valence-corrected chi connectivity index (χ0v) is 12.1. The molecule has 0 radical (unpaired) electrons. The molecule has 122 valence electrons. The van der Waals surface area contributed by atoms with Gasteiger partial charge in [-0.05, 0) is 34.6 Å². The Bertz CT molecular complexity index is 936. The second-order valence-electron chi connectivity index (χ2n) is 4.62. The van der Waals surface area contributed by atoms with E-state index in [1.165, 1.54) is 7.11 Å². The van der Waals surface area contributed by atoms with Gasteiger partial charge in [-0.2, -0.15) is 0 Å². The lowest BCUT2D eigenvalue weighted by Gasteiger charge is -2.08. The van der Waals surface area contributed by atoms with Crippen molar-refractivity contribution in [3.05, 3.63) is 50.6 Å². The number of rotatable bonds is 5. The van der Waals surface area contributed by atoms with Crippen LogP contribution in [0, 0.1) is 20.2 Å². The number of nitro groups is 2. The molecule has 0 aliphatic carbocycles. The van der Waals surface area contributed by atoms with Gasteiger partial charge in [-0.15, -0.1) is 0 Å². The smallest absolute Gasteiger partial charge is 0.307 e. The molecule has 1 heterocycles. The summed E-state index contributed by atoms with van der Waals surface area (Å²) in [5, 5.41) is 32.2. The Morgan fingerprint density at radius 2 is 1.67 bits per heavy atom. The van der Waals surface area contributed by atoms with Gasteiger partial charge >= 0.3 is 11.4 Å². The van der Waals surface area contributed by atoms with Crippen LogP contribution in [-0.2, 0) is 0 Å². The molecule has 0 saturated heterocycles. The van der Waals surface area contributed by atoms with Gasteiger partial charge in [0, 0.05) is 5.69 Å². The summed E-state index contributed by atoms with van der Waals surface area (Å²) >= 11 is 0. The van der Waals surface area contributed by atoms with Gasteiger partial charge in [-0.3, -0.25) is 20.2 Å². The molecule has 1 N–H and O–H groups in total. The molecule has 0 aliphatic heterocycles. The molecular weight excluding hydrogens is 322 g/mol. The molecule has 0 fully saturated rings. The molecular formula is C13H9N5O6. The van der Waals surface area contributed by atoms with E-state index < -0.39 is 21.2 Å². The van der Waals surface area contributed by atoms with Crippen LogP contribution in [0.2, 0.25) is 0 Å². The summed E-state index contributed by atoms with van der Waals surface area (Å²) in [6.07, 6.45) is 0. The predicted molar refractivity (Wildman–Crippen MR) is 81.4 cm³/mol. The quantitative estimate of drug-likeness (QED) is 0.550. The molecule has 0 aliphatic rings. The van der Waals surface area contributed by atoms with Crippen molar-refractivity contribution in [1.29, 1.82) is 0 Å². The maximum absolute atomic E-state index is 11.3. The third kappa shape index (κ3) is 2.54. The number of fused-ring (bicyclic) bond motifs is 1. The van der Waals surface area contributed by atoms with Crippen molar-refractivity contribution in [2.75, 3.05) is 12.4 Å². The largest absolute Gasteiger partial charge is 0.497 e. The summed E-state index contributed by atoms with van der Waals surface area (Å²) in [5.74, 6) is 0.604. The Balaban J connectivity index is 2.16. The highest BCUT2D eigenvalue weighted by molar-refractivity contribution is 6.00. The van der Waals surface area contributed by atoms with E-state index >= 15 is 0 Å². The molecule has 24 heavy (non-hydrogen) atoms. The zero-order valence-electron chi connectivity index (χ0n) is 12.1. The van der Waals surface area contributed by atoms with Gasteiger partial charge in [0.1, 0.15) is 11.4 Å². The standard InChI is InChI=1S/C13H9N5O6/c1-23-8-4-2-7(3-5-8)14-11-9(17(19)20)6-10(18(21)22)12-13(11)16-24-15-12/h2-6,14H,1H3. The van der Waals surface area contributed by atoms with E-state index in [-0.39, 0.29) is 16.7 Å². The van der Waals surface area contributed by atoms with Crippen LogP contribution in [0.15, 0.2) is 35.0 Å². The van der Waals surface area contributed by atoms with Crippen LogP contribution in [0.1, 0.15) is 0 Å². The summed E-state index contributed by atoms with van der Waals surface area (Å²) in [7, 11) is 1.51. The molecule has 11 nitrogen and oxygen atoms in total. The molecule has 0 bridgehead atoms. The second kappa shape index (κ2) is 5.79. The van der Waals surface area contributed by atoms with Crippen molar-refractivity contribution in [2.45, 2.75) is 0 Å². The minimum absolute atomic E-state index is 0.0491. The molecule has 0 spiro atoms. The molecule has 0 unspecified atom stereocenters. The van der Waals surface area contributed by atoms with Gasteiger partial charge in [-0.1, -0.05) is 0 Å². The van der Waals surface area contributed by atoms with Crippen LogP contribution in [0.5, 0.6) is 5.75 Å². The number of anilines is 2. The van der Waals surface area contributed by atoms with Gasteiger partial charge in [-0.25, -0.2) is 4.63 Å². The van der Waals surface area contributed by atoms with Crippen LogP contribution in [-0.4, -0.2) is 27.3 Å². The lowest BCUT2D eigenvalue weighted by molar-refractivity contribution is -0.392. The van der Waals surface area contributed by atoms with Crippen molar-refractivity contribution < 1.29 is 19.2 Å². The fourth-order valence-corrected chi connectivity index (χ4v) is 2.14. The van der Waals surface area contributed by atoms with Gasteiger partial charge in [0.2, 0.25) is 5.52 Å². The molecule has 3 rings (SSSR count). The van der Waals surface area contributed by atoms with E-state index in [0.717, 1.165) is 6.07 Å². The van der Waals surface area contributed by atoms with Crippen molar-refractivity contribution in [3.8, 4) is 5.75 Å². The van der Waals surface area contributed by atoms with E-state index in [1.54, 1.807) is 24.3 Å². The van der Waals surface area contributed by atoms with Crippen LogP contribution in [0.3, 0.4) is 0 Å². The highest BCUT2D eigenvalue weighted by Gasteiger charge is 2.29. The monoisotopic (exact) mass is 331 g/mol. The van der Waals surface area contributed by atoms with E-state index in [4.69, 9.17) is 4.74 Å². The van der Waals surface area contributed by atoms with Crippen LogP contribution in [0.25, 0.3) is 11.0 Å². The van der Waals surface area contributed by atoms with Gasteiger partial charge in [0.15, 0.2) is 5.52 Å². The summed E-state index contributed by atoms with van der Waals surface area (Å²) in [4.78, 5) is 20.8. The number of aromatic nitrogens is 2. The van der Waals surface area contributed by atoms with Gasteiger partial charge in [0.05, 0.1) is 23.0 Å². The van der Waals surface area contributed by atoms with Crippen LogP contribution < -0.4 is 10.1 Å². The van der Waals surface area contributed by atoms with Crippen LogP contribution >= 0.6 is 0 Å². The number of hydrogen-bond acceptors (Lipinski definition) is 9. The molecule has 1 aromatic heterocycles. The lowest BCUT2D eigenvalue weighted by atomic mass is 10.2. The van der Waals surface area contributed by atoms with Crippen molar-refractivity contribution in [2.24, 2.45) is 0 Å². The molecule has 11 heteroatoms. The number of ether oxygens (including phenoxy) is 1. The minimum Gasteiger partial charge on any atom is -0.497 e. The first kappa shape index (κ1) is 15.1. The Hall–Kier alpha value is -3.76. The maximum Gasteiger partial charge on any atom is 0.307 e. The topological polar surface area (TPSA) is 146 Å². The normalized spacial score (nSPS) is 10.5. The van der Waals surface area contributed by atoms with E-state index in [9.17, 15) is 20.2 Å². The van der Waals surface area contributed by atoms with Crippen molar-refractivity contribution in [1.82, 2.24) is 10.3 Å². The highest BCUT2D eigenvalue weighted by Crippen LogP contribution is 2.39. The summed E-state index contributed by atoms with van der Waals surface area (Å²) in [6.45, 7) is 0. The van der Waals surface area contributed by atoms with E-state index in [2.05, 4.69) is 20.3 Å². The van der Waals surface area contributed by atoms with Crippen LogP contribution in [0.4, 0.5) is 22.7 Å². The third-order valence-electron chi connectivity index (χ3n) is 3.25. The zero-order chi connectivity index (χ0) is 17.3. The molecule has 0 amide bonds. The summed E-state index contributed by atoms with van der Waals surface area (Å²) in [6, 6.07) is 7.38. The Morgan fingerprint density at radius 1 is 1.04 bits per heavy atom. The number of nitrogens with zero attached hydrogens (tertiary/aromatic N) is 4.